The van der Waals surface area contributed by atoms with E-state index in [1.54, 1.807) is 6.20 Å². The number of carbonyl (C=O) groups is 1. The van der Waals surface area contributed by atoms with Gasteiger partial charge in [0.2, 0.25) is 0 Å². The van der Waals surface area contributed by atoms with Crippen LogP contribution in [0.5, 0.6) is 0 Å². The normalized spacial score (nSPS) is 23.9. The second-order valence-electron chi connectivity index (χ2n) is 6.21. The lowest BCUT2D eigenvalue weighted by atomic mass is 9.92. The lowest BCUT2D eigenvalue weighted by Crippen LogP contribution is -2.40. The van der Waals surface area contributed by atoms with Crippen molar-refractivity contribution in [1.82, 2.24) is 9.88 Å². The summed E-state index contributed by atoms with van der Waals surface area (Å²) >= 11 is 5.88. The minimum absolute atomic E-state index is 0.0213. The Labute approximate surface area is 125 Å². The van der Waals surface area contributed by atoms with Crippen LogP contribution in [-0.4, -0.2) is 41.6 Å². The highest BCUT2D eigenvalue weighted by Gasteiger charge is 2.43. The van der Waals surface area contributed by atoms with Gasteiger partial charge in [-0.15, -0.1) is 0 Å². The third-order valence-corrected chi connectivity index (χ3v) is 4.13. The lowest BCUT2D eigenvalue weighted by Gasteiger charge is -2.31. The molecule has 1 aliphatic heterocycles. The van der Waals surface area contributed by atoms with Crippen molar-refractivity contribution in [2.75, 3.05) is 20.2 Å². The van der Waals surface area contributed by atoms with Crippen LogP contribution in [0.3, 0.4) is 0 Å². The van der Waals surface area contributed by atoms with Crippen molar-refractivity contribution < 1.29 is 9.53 Å². The number of pyridine rings is 1. The van der Waals surface area contributed by atoms with Crippen molar-refractivity contribution in [2.24, 2.45) is 5.92 Å². The predicted octanol–water partition coefficient (Wildman–Crippen LogP) is 2.72. The molecule has 1 aliphatic rings. The molecule has 1 aromatic heterocycles. The van der Waals surface area contributed by atoms with Crippen LogP contribution in [0.15, 0.2) is 18.3 Å². The van der Waals surface area contributed by atoms with Crippen LogP contribution >= 0.6 is 11.6 Å². The first-order valence-electron chi connectivity index (χ1n) is 6.77. The Morgan fingerprint density at radius 3 is 2.60 bits per heavy atom. The van der Waals surface area contributed by atoms with Crippen LogP contribution in [-0.2, 0) is 9.53 Å². The zero-order chi connectivity index (χ0) is 14.9. The van der Waals surface area contributed by atoms with Gasteiger partial charge in [-0.3, -0.25) is 14.7 Å². The van der Waals surface area contributed by atoms with E-state index in [4.69, 9.17) is 16.3 Å². The Morgan fingerprint density at radius 1 is 1.40 bits per heavy atom. The molecule has 1 fully saturated rings. The second kappa shape index (κ2) is 5.70. The first kappa shape index (κ1) is 15.3. The summed E-state index contributed by atoms with van der Waals surface area (Å²) < 4.78 is 4.95. The number of esters is 1. The van der Waals surface area contributed by atoms with E-state index in [2.05, 4.69) is 30.7 Å². The molecule has 20 heavy (non-hydrogen) atoms. The van der Waals surface area contributed by atoms with E-state index in [0.29, 0.717) is 11.6 Å². The number of methoxy groups -OCH3 is 1. The smallest absolute Gasteiger partial charge is 0.310 e. The van der Waals surface area contributed by atoms with Crippen molar-refractivity contribution >= 4 is 17.6 Å². The summed E-state index contributed by atoms with van der Waals surface area (Å²) in [6, 6.07) is 3.72. The molecule has 0 saturated carbocycles. The van der Waals surface area contributed by atoms with E-state index in [-0.39, 0.29) is 23.3 Å². The summed E-state index contributed by atoms with van der Waals surface area (Å²) in [6.45, 7) is 7.96. The first-order valence-corrected chi connectivity index (χ1v) is 7.15. The number of hydrogen-bond acceptors (Lipinski definition) is 4. The molecule has 1 aromatic rings. The minimum Gasteiger partial charge on any atom is -0.469 e. The van der Waals surface area contributed by atoms with E-state index < -0.39 is 0 Å². The predicted molar refractivity (Wildman–Crippen MR) is 78.8 cm³/mol. The van der Waals surface area contributed by atoms with E-state index in [0.717, 1.165) is 12.2 Å². The number of nitrogens with zero attached hydrogens (tertiary/aromatic N) is 2. The molecule has 2 rings (SSSR count). The SMILES string of the molecule is COC(=O)[C@@H]1CN(C(C)(C)C)C[C@H]1c1ccc(Cl)cn1. The maximum atomic E-state index is 12.0. The molecule has 0 aromatic carbocycles. The van der Waals surface area contributed by atoms with Gasteiger partial charge in [0.1, 0.15) is 0 Å². The van der Waals surface area contributed by atoms with Gasteiger partial charge in [0, 0.05) is 36.4 Å². The number of halogens is 1. The highest BCUT2D eigenvalue weighted by atomic mass is 35.5. The Kier molecular flexibility index (Phi) is 4.35. The van der Waals surface area contributed by atoms with Crippen LogP contribution in [0, 0.1) is 5.92 Å². The zero-order valence-corrected chi connectivity index (χ0v) is 13.1. The fraction of sp³-hybridized carbons (Fsp3) is 0.600. The number of rotatable bonds is 2. The van der Waals surface area contributed by atoms with Crippen LogP contribution in [0.4, 0.5) is 0 Å². The molecule has 5 heteroatoms. The topological polar surface area (TPSA) is 42.4 Å². The number of carbonyl (C=O) groups excluding carboxylic acids is 1. The summed E-state index contributed by atoms with van der Waals surface area (Å²) in [5.74, 6) is -0.287. The second-order valence-corrected chi connectivity index (χ2v) is 6.65. The Morgan fingerprint density at radius 2 is 2.10 bits per heavy atom. The van der Waals surface area contributed by atoms with E-state index in [9.17, 15) is 4.79 Å². The van der Waals surface area contributed by atoms with Gasteiger partial charge in [-0.2, -0.15) is 0 Å². The molecular weight excluding hydrogens is 276 g/mol. The van der Waals surface area contributed by atoms with Crippen LogP contribution in [0.2, 0.25) is 5.02 Å². The molecule has 110 valence electrons. The van der Waals surface area contributed by atoms with Crippen LogP contribution in [0.25, 0.3) is 0 Å². The molecule has 0 bridgehead atoms. The highest BCUT2D eigenvalue weighted by molar-refractivity contribution is 6.30. The Bertz CT molecular complexity index is 482. The maximum Gasteiger partial charge on any atom is 0.310 e. The standard InChI is InChI=1S/C15H21ClN2O2/c1-15(2,3)18-8-11(12(9-18)14(19)20-4)13-6-5-10(16)7-17-13/h5-7,11-12H,8-9H2,1-4H3/t11-,12-/m1/s1. The van der Waals surface area contributed by atoms with E-state index in [1.807, 2.05) is 12.1 Å². The number of hydrogen-bond donors (Lipinski definition) is 0. The lowest BCUT2D eigenvalue weighted by molar-refractivity contribution is -0.145. The van der Waals surface area contributed by atoms with Crippen molar-refractivity contribution in [1.29, 1.82) is 0 Å². The average Bonchev–Trinajstić information content (AvgIpc) is 2.83. The van der Waals surface area contributed by atoms with Gasteiger partial charge < -0.3 is 4.74 Å². The van der Waals surface area contributed by atoms with Crippen molar-refractivity contribution in [3.63, 3.8) is 0 Å². The summed E-state index contributed by atoms with van der Waals surface area (Å²) in [5, 5.41) is 0.606. The molecule has 0 unspecified atom stereocenters. The zero-order valence-electron chi connectivity index (χ0n) is 12.4. The van der Waals surface area contributed by atoms with Crippen molar-refractivity contribution in [2.45, 2.75) is 32.2 Å². The van der Waals surface area contributed by atoms with Crippen LogP contribution < -0.4 is 0 Å². The van der Waals surface area contributed by atoms with E-state index >= 15 is 0 Å². The summed E-state index contributed by atoms with van der Waals surface area (Å²) in [7, 11) is 1.44. The van der Waals surface area contributed by atoms with Gasteiger partial charge in [-0.05, 0) is 32.9 Å². The number of likely N-dealkylation sites (tertiary alicyclic amines) is 1. The Balaban J connectivity index is 2.28. The molecule has 0 amide bonds. The molecule has 1 saturated heterocycles. The van der Waals surface area contributed by atoms with Crippen molar-refractivity contribution in [3.8, 4) is 0 Å². The summed E-state index contributed by atoms with van der Waals surface area (Å²) in [4.78, 5) is 18.7. The molecule has 4 nitrogen and oxygen atoms in total. The third-order valence-electron chi connectivity index (χ3n) is 3.90. The van der Waals surface area contributed by atoms with Gasteiger partial charge in [0.15, 0.2) is 0 Å². The van der Waals surface area contributed by atoms with Gasteiger partial charge >= 0.3 is 5.97 Å². The van der Waals surface area contributed by atoms with E-state index in [1.165, 1.54) is 7.11 Å². The summed E-state index contributed by atoms with van der Waals surface area (Å²) in [6.07, 6.45) is 1.63. The minimum atomic E-state index is -0.173. The fourth-order valence-electron chi connectivity index (χ4n) is 2.65. The highest BCUT2D eigenvalue weighted by Crippen LogP contribution is 2.36. The quantitative estimate of drug-likeness (QED) is 0.787. The van der Waals surface area contributed by atoms with Gasteiger partial charge in [-0.25, -0.2) is 0 Å². The van der Waals surface area contributed by atoms with Gasteiger partial charge in [-0.1, -0.05) is 11.6 Å². The fourth-order valence-corrected chi connectivity index (χ4v) is 2.76. The molecule has 0 spiro atoms. The molecule has 2 atom stereocenters. The molecule has 0 aliphatic carbocycles. The number of aromatic nitrogens is 1. The number of ether oxygens (including phenoxy) is 1. The molecule has 0 N–H and O–H groups in total. The first-order chi connectivity index (χ1) is 9.32. The maximum absolute atomic E-state index is 12.0. The van der Waals surface area contributed by atoms with Crippen molar-refractivity contribution in [3.05, 3.63) is 29.0 Å². The van der Waals surface area contributed by atoms with Gasteiger partial charge in [0.05, 0.1) is 18.1 Å². The molecule has 2 heterocycles. The largest absolute Gasteiger partial charge is 0.469 e. The monoisotopic (exact) mass is 296 g/mol. The Hall–Kier alpha value is -1.13. The summed E-state index contributed by atoms with van der Waals surface area (Å²) in [5.41, 5.74) is 0.921. The van der Waals surface area contributed by atoms with Gasteiger partial charge in [0.25, 0.3) is 0 Å². The molecule has 0 radical (unpaired) electrons. The average molecular weight is 297 g/mol. The van der Waals surface area contributed by atoms with Crippen LogP contribution in [0.1, 0.15) is 32.4 Å². The molecular formula is C15H21ClN2O2. The third kappa shape index (κ3) is 3.13.